The fraction of sp³-hybridized carbons (Fsp3) is 0.429. The summed E-state index contributed by atoms with van der Waals surface area (Å²) < 4.78 is 0. The molecular formula is C14H18N2O2. The molecule has 2 rings (SSSR count). The lowest BCUT2D eigenvalue weighted by Crippen LogP contribution is -2.32. The molecule has 0 radical (unpaired) electrons. The molecule has 1 amide bonds. The van der Waals surface area contributed by atoms with Crippen LogP contribution in [0.5, 0.6) is 0 Å². The number of rotatable bonds is 3. The fourth-order valence-corrected chi connectivity index (χ4v) is 2.09. The van der Waals surface area contributed by atoms with Crippen molar-refractivity contribution in [2.45, 2.75) is 33.3 Å². The summed E-state index contributed by atoms with van der Waals surface area (Å²) in [5.41, 5.74) is 3.86. The van der Waals surface area contributed by atoms with Crippen molar-refractivity contribution in [1.82, 2.24) is 5.32 Å². The molecule has 1 N–H and O–H groups in total. The van der Waals surface area contributed by atoms with E-state index in [0.29, 0.717) is 12.1 Å². The predicted molar refractivity (Wildman–Crippen MR) is 70.8 cm³/mol. The van der Waals surface area contributed by atoms with Crippen molar-refractivity contribution in [1.29, 1.82) is 0 Å². The van der Waals surface area contributed by atoms with Crippen LogP contribution >= 0.6 is 0 Å². The van der Waals surface area contributed by atoms with Gasteiger partial charge < -0.3 is 10.2 Å². The lowest BCUT2D eigenvalue weighted by Gasteiger charge is -2.10. The van der Waals surface area contributed by atoms with Crippen LogP contribution in [-0.2, 0) is 4.84 Å². The maximum atomic E-state index is 12.0. The summed E-state index contributed by atoms with van der Waals surface area (Å²) in [7, 11) is 0. The van der Waals surface area contributed by atoms with Gasteiger partial charge in [0, 0.05) is 12.0 Å². The molecule has 0 spiro atoms. The zero-order valence-electron chi connectivity index (χ0n) is 11.0. The van der Waals surface area contributed by atoms with E-state index < -0.39 is 0 Å². The molecule has 0 unspecified atom stereocenters. The first-order chi connectivity index (χ1) is 8.54. The van der Waals surface area contributed by atoms with Gasteiger partial charge >= 0.3 is 0 Å². The van der Waals surface area contributed by atoms with Crippen molar-refractivity contribution in [3.63, 3.8) is 0 Å². The second-order valence-corrected chi connectivity index (χ2v) is 4.84. The van der Waals surface area contributed by atoms with Crippen LogP contribution in [0.25, 0.3) is 0 Å². The highest BCUT2D eigenvalue weighted by Crippen LogP contribution is 2.11. The Balaban J connectivity index is 1.92. The van der Waals surface area contributed by atoms with Crippen molar-refractivity contribution in [3.05, 3.63) is 34.9 Å². The maximum absolute atomic E-state index is 12.0. The van der Waals surface area contributed by atoms with E-state index in [0.717, 1.165) is 23.3 Å². The third-order valence-electron chi connectivity index (χ3n) is 2.85. The van der Waals surface area contributed by atoms with Gasteiger partial charge in [-0.2, -0.15) is 0 Å². The number of aryl methyl sites for hydroxylation is 2. The highest BCUT2D eigenvalue weighted by atomic mass is 16.6. The van der Waals surface area contributed by atoms with Crippen LogP contribution in [0.3, 0.4) is 0 Å². The van der Waals surface area contributed by atoms with E-state index >= 15 is 0 Å². The molecule has 1 aliphatic rings. The predicted octanol–water partition coefficient (Wildman–Crippen LogP) is 2.20. The number of oxime groups is 1. The first-order valence-corrected chi connectivity index (χ1v) is 6.10. The highest BCUT2D eigenvalue weighted by Gasteiger charge is 2.19. The Morgan fingerprint density at radius 2 is 2.00 bits per heavy atom. The third kappa shape index (κ3) is 3.09. The Kier molecular flexibility index (Phi) is 3.65. The number of nitrogens with one attached hydrogen (secondary N) is 1. The second kappa shape index (κ2) is 5.21. The molecule has 1 aromatic carbocycles. The Labute approximate surface area is 107 Å². The number of nitrogens with zero attached hydrogens (tertiary/aromatic N) is 1. The van der Waals surface area contributed by atoms with E-state index in [1.807, 2.05) is 39.0 Å². The van der Waals surface area contributed by atoms with E-state index in [9.17, 15) is 4.79 Å². The van der Waals surface area contributed by atoms with E-state index in [-0.39, 0.29) is 12.0 Å². The molecule has 0 saturated heterocycles. The molecule has 1 aromatic rings. The van der Waals surface area contributed by atoms with Crippen molar-refractivity contribution in [3.8, 4) is 0 Å². The van der Waals surface area contributed by atoms with Gasteiger partial charge in [-0.05, 0) is 32.9 Å². The molecule has 1 heterocycles. The van der Waals surface area contributed by atoms with E-state index in [1.54, 1.807) is 0 Å². The van der Waals surface area contributed by atoms with Crippen LogP contribution in [0.2, 0.25) is 0 Å². The first kappa shape index (κ1) is 12.6. The summed E-state index contributed by atoms with van der Waals surface area (Å²) in [5.74, 6) is -0.0602. The lowest BCUT2D eigenvalue weighted by molar-refractivity contribution is 0.0753. The van der Waals surface area contributed by atoms with Gasteiger partial charge in [-0.3, -0.25) is 4.79 Å². The molecule has 4 heteroatoms. The summed E-state index contributed by atoms with van der Waals surface area (Å²) in [6.07, 6.45) is 0.757. The second-order valence-electron chi connectivity index (χ2n) is 4.84. The lowest BCUT2D eigenvalue weighted by atomic mass is 10.1. The number of benzene rings is 1. The van der Waals surface area contributed by atoms with Crippen LogP contribution in [0.4, 0.5) is 0 Å². The van der Waals surface area contributed by atoms with E-state index in [2.05, 4.69) is 10.5 Å². The first-order valence-electron chi connectivity index (χ1n) is 6.10. The standard InChI is InChI=1S/C14H18N2O2/c1-9-4-10(2)6-12(5-9)14(17)15-8-13-7-11(3)16-18-13/h4-6,13H,7-8H2,1-3H3,(H,15,17)/t13-/m0/s1. The van der Waals surface area contributed by atoms with E-state index in [4.69, 9.17) is 4.84 Å². The summed E-state index contributed by atoms with van der Waals surface area (Å²) in [6.45, 7) is 6.39. The highest BCUT2D eigenvalue weighted by molar-refractivity contribution is 5.94. The topological polar surface area (TPSA) is 50.7 Å². The summed E-state index contributed by atoms with van der Waals surface area (Å²) in [5, 5.41) is 6.74. The number of carbonyl (C=O) groups is 1. The number of hydrogen-bond acceptors (Lipinski definition) is 3. The molecule has 0 fully saturated rings. The molecule has 0 aromatic heterocycles. The van der Waals surface area contributed by atoms with Crippen LogP contribution in [0.15, 0.2) is 23.4 Å². The van der Waals surface area contributed by atoms with E-state index in [1.165, 1.54) is 0 Å². The summed E-state index contributed by atoms with van der Waals surface area (Å²) in [4.78, 5) is 17.2. The van der Waals surface area contributed by atoms with Crippen LogP contribution < -0.4 is 5.32 Å². The molecule has 0 aliphatic carbocycles. The van der Waals surface area contributed by atoms with Gasteiger partial charge in [0.25, 0.3) is 5.91 Å². The Hall–Kier alpha value is -1.84. The average Bonchev–Trinajstić information content (AvgIpc) is 2.70. The summed E-state index contributed by atoms with van der Waals surface area (Å²) >= 11 is 0. The zero-order valence-corrected chi connectivity index (χ0v) is 11.0. The largest absolute Gasteiger partial charge is 0.390 e. The molecule has 0 saturated carbocycles. The molecular weight excluding hydrogens is 228 g/mol. The molecule has 1 aliphatic heterocycles. The van der Waals surface area contributed by atoms with Gasteiger partial charge in [-0.15, -0.1) is 0 Å². The minimum atomic E-state index is -0.0602. The monoisotopic (exact) mass is 246 g/mol. The van der Waals surface area contributed by atoms with Crippen molar-refractivity contribution in [2.75, 3.05) is 6.54 Å². The Bertz CT molecular complexity index is 474. The molecule has 4 nitrogen and oxygen atoms in total. The zero-order chi connectivity index (χ0) is 13.1. The summed E-state index contributed by atoms with van der Waals surface area (Å²) in [6, 6.07) is 5.83. The van der Waals surface area contributed by atoms with Gasteiger partial charge in [-0.1, -0.05) is 22.3 Å². The van der Waals surface area contributed by atoms with Crippen LogP contribution in [0.1, 0.15) is 34.8 Å². The Morgan fingerprint density at radius 1 is 1.33 bits per heavy atom. The van der Waals surface area contributed by atoms with Gasteiger partial charge in [0.2, 0.25) is 0 Å². The average molecular weight is 246 g/mol. The van der Waals surface area contributed by atoms with Gasteiger partial charge in [0.15, 0.2) is 0 Å². The van der Waals surface area contributed by atoms with Crippen molar-refractivity contribution >= 4 is 11.6 Å². The molecule has 96 valence electrons. The number of amides is 1. The Morgan fingerprint density at radius 3 is 2.56 bits per heavy atom. The fourth-order valence-electron chi connectivity index (χ4n) is 2.09. The third-order valence-corrected chi connectivity index (χ3v) is 2.85. The normalized spacial score (nSPS) is 18.2. The van der Waals surface area contributed by atoms with Crippen LogP contribution in [0, 0.1) is 13.8 Å². The van der Waals surface area contributed by atoms with Crippen molar-refractivity contribution in [2.24, 2.45) is 5.16 Å². The minimum absolute atomic E-state index is 0.0279. The van der Waals surface area contributed by atoms with Crippen molar-refractivity contribution < 1.29 is 9.63 Å². The smallest absolute Gasteiger partial charge is 0.251 e. The SMILES string of the molecule is CC1=NO[C@H](CNC(=O)c2cc(C)cc(C)c2)C1. The van der Waals surface area contributed by atoms with Gasteiger partial charge in [0.05, 0.1) is 12.3 Å². The minimum Gasteiger partial charge on any atom is -0.390 e. The molecule has 0 bridgehead atoms. The van der Waals surface area contributed by atoms with Gasteiger partial charge in [0.1, 0.15) is 6.10 Å². The molecule has 1 atom stereocenters. The maximum Gasteiger partial charge on any atom is 0.251 e. The quantitative estimate of drug-likeness (QED) is 0.888. The molecule has 18 heavy (non-hydrogen) atoms. The number of carbonyl (C=O) groups excluding carboxylic acids is 1. The van der Waals surface area contributed by atoms with Crippen LogP contribution in [-0.4, -0.2) is 24.3 Å². The number of hydrogen-bond donors (Lipinski definition) is 1. The van der Waals surface area contributed by atoms with Gasteiger partial charge in [-0.25, -0.2) is 0 Å².